The highest BCUT2D eigenvalue weighted by Crippen LogP contribution is 2.42. The average molecular weight is 230 g/mol. The summed E-state index contributed by atoms with van der Waals surface area (Å²) in [6.45, 7) is 11.3. The molecule has 1 aliphatic rings. The van der Waals surface area contributed by atoms with Gasteiger partial charge in [-0.15, -0.1) is 0 Å². The quantitative estimate of drug-likeness (QED) is 0.780. The van der Waals surface area contributed by atoms with Crippen LogP contribution in [0.5, 0.6) is 0 Å². The molecule has 0 radical (unpaired) electrons. The van der Waals surface area contributed by atoms with Crippen LogP contribution in [0.1, 0.15) is 53.9 Å². The molecule has 0 aromatic rings. The number of hydrogen-bond donors (Lipinski definition) is 1. The predicted molar refractivity (Wildman–Crippen MR) is 69.4 cm³/mol. The largest absolute Gasteiger partial charge is 0.389 e. The first-order valence-electron chi connectivity index (χ1n) is 5.92. The zero-order chi connectivity index (χ0) is 11.7. The van der Waals surface area contributed by atoms with Crippen molar-refractivity contribution in [1.29, 1.82) is 0 Å². The molecule has 1 aliphatic heterocycles. The highest BCUT2D eigenvalue weighted by atomic mass is 32.2. The Labute approximate surface area is 99.0 Å². The van der Waals surface area contributed by atoms with Gasteiger partial charge < -0.3 is 5.11 Å². The van der Waals surface area contributed by atoms with Crippen LogP contribution in [0.15, 0.2) is 0 Å². The molecule has 0 saturated carbocycles. The molecule has 0 aromatic carbocycles. The first-order chi connectivity index (χ1) is 6.62. The third kappa shape index (κ3) is 4.78. The van der Waals surface area contributed by atoms with Gasteiger partial charge in [0.15, 0.2) is 0 Å². The van der Waals surface area contributed by atoms with Gasteiger partial charge in [-0.25, -0.2) is 0 Å². The van der Waals surface area contributed by atoms with E-state index in [1.165, 1.54) is 5.75 Å². The number of thioether (sulfide) groups is 1. The highest BCUT2D eigenvalue weighted by molar-refractivity contribution is 7.99. The Bertz CT molecular complexity index is 217. The van der Waals surface area contributed by atoms with Gasteiger partial charge in [-0.1, -0.05) is 34.6 Å². The molecule has 0 spiro atoms. The third-order valence-corrected chi connectivity index (χ3v) is 4.74. The second-order valence-corrected chi connectivity index (χ2v) is 8.10. The summed E-state index contributed by atoms with van der Waals surface area (Å²) >= 11 is 1.91. The number of rotatable bonds is 2. The molecule has 1 rings (SSSR count). The minimum atomic E-state index is -0.417. The smallest absolute Gasteiger partial charge is 0.0743 e. The SMILES string of the molecule is CC(C)(C)CCC1(O)CSCC(C)(C)C1. The summed E-state index contributed by atoms with van der Waals surface area (Å²) in [6.07, 6.45) is 3.02. The molecule has 2 heteroatoms. The molecule has 1 fully saturated rings. The Kier molecular flexibility index (Phi) is 3.83. The molecule has 0 bridgehead atoms. The van der Waals surface area contributed by atoms with Crippen molar-refractivity contribution >= 4 is 11.8 Å². The van der Waals surface area contributed by atoms with Crippen LogP contribution in [0, 0.1) is 10.8 Å². The van der Waals surface area contributed by atoms with Crippen molar-refractivity contribution in [2.24, 2.45) is 10.8 Å². The van der Waals surface area contributed by atoms with E-state index in [1.54, 1.807) is 0 Å². The van der Waals surface area contributed by atoms with E-state index in [-0.39, 0.29) is 0 Å². The maximum Gasteiger partial charge on any atom is 0.0743 e. The molecular weight excluding hydrogens is 204 g/mol. The maximum absolute atomic E-state index is 10.5. The summed E-state index contributed by atoms with van der Waals surface area (Å²) in [6, 6.07) is 0. The van der Waals surface area contributed by atoms with Crippen molar-refractivity contribution in [2.45, 2.75) is 59.5 Å². The Hall–Kier alpha value is 0.310. The van der Waals surface area contributed by atoms with Crippen LogP contribution >= 0.6 is 11.8 Å². The maximum atomic E-state index is 10.5. The second kappa shape index (κ2) is 4.29. The minimum Gasteiger partial charge on any atom is -0.389 e. The van der Waals surface area contributed by atoms with Crippen LogP contribution in [0.2, 0.25) is 0 Å². The van der Waals surface area contributed by atoms with Crippen molar-refractivity contribution in [1.82, 2.24) is 0 Å². The lowest BCUT2D eigenvalue weighted by Crippen LogP contribution is -2.43. The molecule has 1 N–H and O–H groups in total. The summed E-state index contributed by atoms with van der Waals surface area (Å²) in [5, 5.41) is 10.5. The Morgan fingerprint density at radius 1 is 1.20 bits per heavy atom. The summed E-state index contributed by atoms with van der Waals surface area (Å²) in [4.78, 5) is 0. The monoisotopic (exact) mass is 230 g/mol. The molecule has 1 saturated heterocycles. The van der Waals surface area contributed by atoms with Gasteiger partial charge in [0.25, 0.3) is 0 Å². The van der Waals surface area contributed by atoms with E-state index < -0.39 is 5.60 Å². The van der Waals surface area contributed by atoms with E-state index in [2.05, 4.69) is 34.6 Å². The third-order valence-electron chi connectivity index (χ3n) is 3.01. The van der Waals surface area contributed by atoms with E-state index >= 15 is 0 Å². The second-order valence-electron chi connectivity index (χ2n) is 7.12. The molecule has 0 aromatic heterocycles. The van der Waals surface area contributed by atoms with Gasteiger partial charge in [0.2, 0.25) is 0 Å². The normalized spacial score (nSPS) is 31.6. The average Bonchev–Trinajstić information content (AvgIpc) is 1.97. The van der Waals surface area contributed by atoms with E-state index in [0.717, 1.165) is 25.0 Å². The van der Waals surface area contributed by atoms with Gasteiger partial charge >= 0.3 is 0 Å². The van der Waals surface area contributed by atoms with Crippen LogP contribution in [-0.2, 0) is 0 Å². The molecule has 1 nitrogen and oxygen atoms in total. The van der Waals surface area contributed by atoms with Crippen LogP contribution in [-0.4, -0.2) is 22.2 Å². The van der Waals surface area contributed by atoms with E-state index in [9.17, 15) is 5.11 Å². The van der Waals surface area contributed by atoms with Gasteiger partial charge in [-0.05, 0) is 35.8 Å². The van der Waals surface area contributed by atoms with Crippen LogP contribution in [0.25, 0.3) is 0 Å². The van der Waals surface area contributed by atoms with E-state index in [4.69, 9.17) is 0 Å². The molecule has 0 amide bonds. The minimum absolute atomic E-state index is 0.301. The lowest BCUT2D eigenvalue weighted by Gasteiger charge is -2.42. The number of hydrogen-bond acceptors (Lipinski definition) is 2. The van der Waals surface area contributed by atoms with Crippen LogP contribution < -0.4 is 0 Å². The van der Waals surface area contributed by atoms with Gasteiger partial charge in [-0.3, -0.25) is 0 Å². The van der Waals surface area contributed by atoms with E-state index in [1.807, 2.05) is 11.8 Å². The number of aliphatic hydroxyl groups is 1. The fraction of sp³-hybridized carbons (Fsp3) is 1.00. The Balaban J connectivity index is 2.51. The Morgan fingerprint density at radius 3 is 2.27 bits per heavy atom. The van der Waals surface area contributed by atoms with Crippen LogP contribution in [0.3, 0.4) is 0 Å². The van der Waals surface area contributed by atoms with Gasteiger partial charge in [0.1, 0.15) is 0 Å². The standard InChI is InChI=1S/C13H26OS/c1-11(2,3)6-7-13(14)8-12(4,5)9-15-10-13/h14H,6-10H2,1-5H3. The van der Waals surface area contributed by atoms with Crippen molar-refractivity contribution in [2.75, 3.05) is 11.5 Å². The molecule has 1 unspecified atom stereocenters. The molecule has 90 valence electrons. The van der Waals surface area contributed by atoms with Crippen molar-refractivity contribution in [3.05, 3.63) is 0 Å². The lowest BCUT2D eigenvalue weighted by atomic mass is 9.77. The molecular formula is C13H26OS. The van der Waals surface area contributed by atoms with Gasteiger partial charge in [0, 0.05) is 5.75 Å². The van der Waals surface area contributed by atoms with Crippen LogP contribution in [0.4, 0.5) is 0 Å². The van der Waals surface area contributed by atoms with Crippen molar-refractivity contribution in [3.8, 4) is 0 Å². The topological polar surface area (TPSA) is 20.2 Å². The molecule has 0 aliphatic carbocycles. The van der Waals surface area contributed by atoms with Crippen molar-refractivity contribution in [3.63, 3.8) is 0 Å². The van der Waals surface area contributed by atoms with Crippen molar-refractivity contribution < 1.29 is 5.11 Å². The summed E-state index contributed by atoms with van der Waals surface area (Å²) in [5.74, 6) is 2.11. The Morgan fingerprint density at radius 2 is 1.80 bits per heavy atom. The molecule has 15 heavy (non-hydrogen) atoms. The fourth-order valence-corrected chi connectivity index (χ4v) is 3.66. The van der Waals surface area contributed by atoms with Gasteiger partial charge in [0.05, 0.1) is 5.60 Å². The van der Waals surface area contributed by atoms with Gasteiger partial charge in [-0.2, -0.15) is 11.8 Å². The highest BCUT2D eigenvalue weighted by Gasteiger charge is 2.39. The zero-order valence-electron chi connectivity index (χ0n) is 10.9. The zero-order valence-corrected chi connectivity index (χ0v) is 11.7. The lowest BCUT2D eigenvalue weighted by molar-refractivity contribution is 0.00311. The summed E-state index contributed by atoms with van der Waals surface area (Å²) in [7, 11) is 0. The summed E-state index contributed by atoms with van der Waals surface area (Å²) in [5.41, 5.74) is 0.219. The summed E-state index contributed by atoms with van der Waals surface area (Å²) < 4.78 is 0. The first kappa shape index (κ1) is 13.4. The molecule has 1 heterocycles. The predicted octanol–water partition coefficient (Wildman–Crippen LogP) is 3.71. The fourth-order valence-electron chi connectivity index (χ4n) is 2.28. The molecule has 1 atom stereocenters. The van der Waals surface area contributed by atoms with E-state index in [0.29, 0.717) is 10.8 Å². The first-order valence-corrected chi connectivity index (χ1v) is 7.08.